The van der Waals surface area contributed by atoms with Crippen LogP contribution in [-0.4, -0.2) is 90.1 Å². The van der Waals surface area contributed by atoms with Gasteiger partial charge in [-0.15, -0.1) is 0 Å². The minimum atomic E-state index is -1.82. The molecule has 4 aromatic carbocycles. The number of amides is 1. The molecule has 2 aromatic heterocycles. The van der Waals surface area contributed by atoms with Crippen molar-refractivity contribution < 1.29 is 41.9 Å². The molecule has 16 heteroatoms. The first-order chi connectivity index (χ1) is 31.5. The summed E-state index contributed by atoms with van der Waals surface area (Å²) in [7, 11) is 2.97. The molecule has 1 unspecified atom stereocenters. The van der Waals surface area contributed by atoms with Gasteiger partial charge < -0.3 is 42.6 Å². The van der Waals surface area contributed by atoms with E-state index in [0.717, 1.165) is 16.7 Å². The Kier molecular flexibility index (Phi) is 15.6. The first-order valence-corrected chi connectivity index (χ1v) is 22.5. The average Bonchev–Trinajstić information content (AvgIpc) is 3.90. The third-order valence-electron chi connectivity index (χ3n) is 11.2. The van der Waals surface area contributed by atoms with Gasteiger partial charge in [0, 0.05) is 31.0 Å². The number of fused-ring (bicyclic) bond motifs is 1. The summed E-state index contributed by atoms with van der Waals surface area (Å²) in [6.45, 7) is 8.31. The van der Waals surface area contributed by atoms with Crippen molar-refractivity contribution in [2.45, 2.75) is 76.3 Å². The quantitative estimate of drug-likeness (QED) is 0.0336. The van der Waals surface area contributed by atoms with Gasteiger partial charge in [0.15, 0.2) is 11.9 Å². The fourth-order valence-corrected chi connectivity index (χ4v) is 9.97. The van der Waals surface area contributed by atoms with E-state index in [4.69, 9.17) is 32.7 Å². The molecule has 5 atom stereocenters. The van der Waals surface area contributed by atoms with Gasteiger partial charge in [0.2, 0.25) is 0 Å². The van der Waals surface area contributed by atoms with Crippen molar-refractivity contribution in [3.63, 3.8) is 0 Å². The number of ether oxygens (including phenoxy) is 5. The summed E-state index contributed by atoms with van der Waals surface area (Å²) in [6, 6.07) is 37.8. The maximum absolute atomic E-state index is 15.5. The number of carbonyl (C=O) groups is 1. The number of anilines is 1. The molecule has 1 aliphatic heterocycles. The van der Waals surface area contributed by atoms with E-state index >= 15 is 4.39 Å². The number of aromatic nitrogens is 3. The Labute approximate surface area is 380 Å². The van der Waals surface area contributed by atoms with Gasteiger partial charge in [0.1, 0.15) is 41.2 Å². The second-order valence-electron chi connectivity index (χ2n) is 15.8. The van der Waals surface area contributed by atoms with Crippen molar-refractivity contribution in [2.75, 3.05) is 39.9 Å². The lowest BCUT2D eigenvalue weighted by atomic mass is 9.80. The van der Waals surface area contributed by atoms with Crippen LogP contribution >= 0.6 is 8.53 Å². The third-order valence-corrected chi connectivity index (χ3v) is 13.3. The highest BCUT2D eigenvalue weighted by Crippen LogP contribution is 2.51. The van der Waals surface area contributed by atoms with Gasteiger partial charge in [0.05, 0.1) is 45.3 Å². The summed E-state index contributed by atoms with van der Waals surface area (Å²) in [5, 5.41) is 12.6. The second-order valence-corrected chi connectivity index (χ2v) is 17.2. The van der Waals surface area contributed by atoms with Crippen molar-refractivity contribution in [2.24, 2.45) is 0 Å². The third kappa shape index (κ3) is 10.2. The van der Waals surface area contributed by atoms with Crippen molar-refractivity contribution in [3.05, 3.63) is 150 Å². The fourth-order valence-electron chi connectivity index (χ4n) is 8.20. The number of rotatable bonds is 20. The van der Waals surface area contributed by atoms with Gasteiger partial charge in [-0.2, -0.15) is 19.6 Å². The normalized spacial score (nSPS) is 18.0. The maximum Gasteiger partial charge on any atom is 0.312 e. The van der Waals surface area contributed by atoms with Gasteiger partial charge in [0.25, 0.3) is 14.4 Å². The molecule has 14 nitrogen and oxygen atoms in total. The number of hydrogen-bond donors (Lipinski definition) is 1. The van der Waals surface area contributed by atoms with E-state index in [-0.39, 0.29) is 43.2 Å². The van der Waals surface area contributed by atoms with E-state index in [1.54, 1.807) is 68.5 Å². The van der Waals surface area contributed by atoms with Crippen LogP contribution in [0.15, 0.2) is 121 Å². The Morgan fingerprint density at radius 2 is 1.43 bits per heavy atom. The molecule has 1 saturated heterocycles. The average molecular weight is 905 g/mol. The molecule has 1 fully saturated rings. The lowest BCUT2D eigenvalue weighted by Crippen LogP contribution is -2.42. The van der Waals surface area contributed by atoms with Crippen LogP contribution in [0.2, 0.25) is 0 Å². The maximum atomic E-state index is 15.5. The van der Waals surface area contributed by atoms with E-state index < -0.39 is 50.7 Å². The highest BCUT2D eigenvalue weighted by Gasteiger charge is 2.51. The van der Waals surface area contributed by atoms with Gasteiger partial charge in [-0.25, -0.2) is 4.67 Å². The van der Waals surface area contributed by atoms with Crippen molar-refractivity contribution in [1.82, 2.24) is 19.2 Å². The molecule has 1 N–H and O–H groups in total. The minimum absolute atomic E-state index is 0.00882. The topological polar surface area (TPSA) is 151 Å². The van der Waals surface area contributed by atoms with Crippen LogP contribution in [0.1, 0.15) is 67.4 Å². The van der Waals surface area contributed by atoms with Crippen LogP contribution in [0.4, 0.5) is 10.2 Å². The zero-order valence-corrected chi connectivity index (χ0v) is 38.4. The number of benzene rings is 4. The highest BCUT2D eigenvalue weighted by molar-refractivity contribution is 7.44. The number of hydrogen-bond acceptors (Lipinski definition) is 12. The Morgan fingerprint density at radius 3 is 1.98 bits per heavy atom. The lowest BCUT2D eigenvalue weighted by molar-refractivity contribution is -0.0937. The summed E-state index contributed by atoms with van der Waals surface area (Å²) >= 11 is 0. The van der Waals surface area contributed by atoms with E-state index in [2.05, 4.69) is 53.7 Å². The molecule has 1 aliphatic rings. The van der Waals surface area contributed by atoms with Crippen LogP contribution in [-0.2, 0) is 28.9 Å². The molecular weight excluding hydrogens is 851 g/mol. The number of halogens is 1. The first-order valence-electron chi connectivity index (χ1n) is 21.3. The number of nitriles is 1. The number of carbonyl (C=O) groups excluding carboxylic acids is 1. The zero-order chi connectivity index (χ0) is 46.1. The molecular formula is C49H54FN6O8P. The lowest BCUT2D eigenvalue weighted by Gasteiger charge is -2.39. The standard InChI is InChI=1S/C49H54FN6O8P/c1-32(2)56(33(3)4)65(62-30-14-28-51)64-42-41(31-61-49(35-17-12-9-13-18-35,36-19-23-38(58-5)24-20-36)37-21-25-39(59-6)26-22-37)63-47(43(42)60-7)55-29-27-40-44(53-48(50)54-45(40)55)52-46(57)34-15-10-8-11-16-34/h8-13,15-27,29,32-33,41-43,47H,14,30-31H2,1-7H3,(H,52,53,54,57)/t41-,42-,43-,47-,65?/m1/s1. The largest absolute Gasteiger partial charge is 0.497 e. The Morgan fingerprint density at radius 1 is 0.846 bits per heavy atom. The fraction of sp³-hybridized carbons (Fsp3) is 0.347. The van der Waals surface area contributed by atoms with E-state index in [9.17, 15) is 10.1 Å². The predicted octanol–water partition coefficient (Wildman–Crippen LogP) is 9.42. The van der Waals surface area contributed by atoms with E-state index in [1.165, 1.54) is 0 Å². The first kappa shape index (κ1) is 47.2. The molecule has 0 saturated carbocycles. The van der Waals surface area contributed by atoms with Crippen LogP contribution in [0.5, 0.6) is 11.5 Å². The number of nitrogens with zero attached hydrogens (tertiary/aromatic N) is 5. The van der Waals surface area contributed by atoms with E-state index in [1.807, 2.05) is 78.9 Å². The molecule has 6 aromatic rings. The van der Waals surface area contributed by atoms with Crippen LogP contribution in [0.25, 0.3) is 11.0 Å². The zero-order valence-electron chi connectivity index (χ0n) is 37.5. The summed E-state index contributed by atoms with van der Waals surface area (Å²) in [5.41, 5.74) is 1.78. The van der Waals surface area contributed by atoms with Crippen molar-refractivity contribution in [1.29, 1.82) is 5.26 Å². The van der Waals surface area contributed by atoms with Crippen molar-refractivity contribution in [3.8, 4) is 17.6 Å². The molecule has 0 aliphatic carbocycles. The Balaban J connectivity index is 1.34. The van der Waals surface area contributed by atoms with Crippen molar-refractivity contribution >= 4 is 31.3 Å². The molecule has 0 spiro atoms. The molecule has 0 radical (unpaired) electrons. The number of methoxy groups -OCH3 is 3. The van der Waals surface area contributed by atoms with Gasteiger partial charge >= 0.3 is 6.08 Å². The van der Waals surface area contributed by atoms with Crippen LogP contribution in [0, 0.1) is 17.4 Å². The smallest absolute Gasteiger partial charge is 0.312 e. The SMILES string of the molecule is COc1ccc(C(OC[C@H]2O[C@@H](n3ccc4c(NC(=O)c5ccccc5)nc(F)nc43)[C@H](OC)[C@@H]2OP(OCCC#N)N(C(C)C)C(C)C)(c2ccccc2)c2ccc(OC)cc2)cc1. The minimum Gasteiger partial charge on any atom is -0.497 e. The molecule has 340 valence electrons. The van der Waals surface area contributed by atoms with Gasteiger partial charge in [-0.3, -0.25) is 4.79 Å². The highest BCUT2D eigenvalue weighted by atomic mass is 31.2. The summed E-state index contributed by atoms with van der Waals surface area (Å²) in [4.78, 5) is 21.4. The predicted molar refractivity (Wildman–Crippen MR) is 245 cm³/mol. The summed E-state index contributed by atoms with van der Waals surface area (Å²) in [6.07, 6.45) is -2.72. The molecule has 3 heterocycles. The van der Waals surface area contributed by atoms with E-state index in [0.29, 0.717) is 22.4 Å². The Hall–Kier alpha value is -5.82. The molecule has 1 amide bonds. The molecule has 65 heavy (non-hydrogen) atoms. The van der Waals surface area contributed by atoms with Gasteiger partial charge in [-0.05, 0) is 86.8 Å². The van der Waals surface area contributed by atoms with Gasteiger partial charge in [-0.1, -0.05) is 72.8 Å². The summed E-state index contributed by atoms with van der Waals surface area (Å²) in [5.74, 6) is 0.881. The monoisotopic (exact) mass is 904 g/mol. The number of nitrogens with one attached hydrogen (secondary N) is 1. The molecule has 0 bridgehead atoms. The van der Waals surface area contributed by atoms with Crippen LogP contribution in [0.3, 0.4) is 0 Å². The molecule has 7 rings (SSSR count). The summed E-state index contributed by atoms with van der Waals surface area (Å²) < 4.78 is 64.6. The van der Waals surface area contributed by atoms with Crippen LogP contribution < -0.4 is 14.8 Å². The second kappa shape index (κ2) is 21.4. The Bertz CT molecular complexity index is 2470.